The van der Waals surface area contributed by atoms with Crippen molar-refractivity contribution in [1.82, 2.24) is 5.32 Å². The number of carboxylic acids is 1. The van der Waals surface area contributed by atoms with Gasteiger partial charge in [0.25, 0.3) is 0 Å². The van der Waals surface area contributed by atoms with Crippen LogP contribution in [0.2, 0.25) is 0 Å². The summed E-state index contributed by atoms with van der Waals surface area (Å²) in [6.45, 7) is 3.48. The van der Waals surface area contributed by atoms with Crippen LogP contribution in [0.25, 0.3) is 0 Å². The summed E-state index contributed by atoms with van der Waals surface area (Å²) in [6, 6.07) is 6.22. The zero-order chi connectivity index (χ0) is 13.7. The highest BCUT2D eigenvalue weighted by molar-refractivity contribution is 5.93. The van der Waals surface area contributed by atoms with E-state index >= 15 is 0 Å². The van der Waals surface area contributed by atoms with Crippen LogP contribution in [-0.4, -0.2) is 30.2 Å². The molecule has 0 spiro atoms. The van der Waals surface area contributed by atoms with E-state index in [1.54, 1.807) is 7.05 Å². The highest BCUT2D eigenvalue weighted by Gasteiger charge is 2.17. The van der Waals surface area contributed by atoms with Crippen molar-refractivity contribution >= 4 is 17.7 Å². The molecule has 1 atom stereocenters. The number of hydrogen-bond acceptors (Lipinski definition) is 2. The van der Waals surface area contributed by atoms with Crippen molar-refractivity contribution in [1.29, 1.82) is 0 Å². The zero-order valence-electron chi connectivity index (χ0n) is 10.8. The standard InChI is InChI=1S/C13H18N2O3/c1-4-10-5-7-11(8-6-10)15(3)13(18)14-9(2)12(16)17/h5-9H,4H2,1-3H3,(H,14,18)(H,16,17)/t9-/m1/s1. The number of rotatable bonds is 4. The van der Waals surface area contributed by atoms with Gasteiger partial charge in [-0.15, -0.1) is 0 Å². The number of aryl methyl sites for hydroxylation is 1. The third kappa shape index (κ3) is 3.48. The zero-order valence-corrected chi connectivity index (χ0v) is 10.8. The molecule has 0 aliphatic carbocycles. The predicted molar refractivity (Wildman–Crippen MR) is 69.9 cm³/mol. The largest absolute Gasteiger partial charge is 0.480 e. The van der Waals surface area contributed by atoms with Gasteiger partial charge in [-0.25, -0.2) is 4.79 Å². The molecule has 0 saturated heterocycles. The van der Waals surface area contributed by atoms with Gasteiger partial charge in [0.15, 0.2) is 0 Å². The minimum absolute atomic E-state index is 0.436. The molecule has 1 aromatic rings. The van der Waals surface area contributed by atoms with Gasteiger partial charge in [-0.2, -0.15) is 0 Å². The SMILES string of the molecule is CCc1ccc(N(C)C(=O)N[C@H](C)C(=O)O)cc1. The number of carbonyl (C=O) groups is 2. The minimum atomic E-state index is -1.06. The number of hydrogen-bond donors (Lipinski definition) is 2. The van der Waals surface area contributed by atoms with E-state index in [-0.39, 0.29) is 0 Å². The Morgan fingerprint density at radius 3 is 2.33 bits per heavy atom. The number of anilines is 1. The normalized spacial score (nSPS) is 11.7. The maximum Gasteiger partial charge on any atom is 0.325 e. The molecule has 5 nitrogen and oxygen atoms in total. The Labute approximate surface area is 106 Å². The highest BCUT2D eigenvalue weighted by Crippen LogP contribution is 2.14. The first-order chi connectivity index (χ1) is 8.45. The van der Waals surface area contributed by atoms with E-state index in [9.17, 15) is 9.59 Å². The molecule has 98 valence electrons. The van der Waals surface area contributed by atoms with E-state index in [0.717, 1.165) is 12.1 Å². The molecule has 18 heavy (non-hydrogen) atoms. The number of urea groups is 1. The lowest BCUT2D eigenvalue weighted by Gasteiger charge is -2.20. The van der Waals surface area contributed by atoms with Crippen LogP contribution in [0.1, 0.15) is 19.4 Å². The number of aliphatic carboxylic acids is 1. The van der Waals surface area contributed by atoms with E-state index < -0.39 is 18.0 Å². The molecule has 0 bridgehead atoms. The first kappa shape index (κ1) is 14.0. The molecule has 0 radical (unpaired) electrons. The lowest BCUT2D eigenvalue weighted by Crippen LogP contribution is -2.45. The summed E-state index contributed by atoms with van der Waals surface area (Å²) in [5.74, 6) is -1.06. The quantitative estimate of drug-likeness (QED) is 0.857. The van der Waals surface area contributed by atoms with E-state index in [2.05, 4.69) is 12.2 Å². The van der Waals surface area contributed by atoms with E-state index in [1.165, 1.54) is 17.4 Å². The number of carbonyl (C=O) groups excluding carboxylic acids is 1. The first-order valence-corrected chi connectivity index (χ1v) is 5.81. The molecule has 1 rings (SSSR count). The third-order valence-electron chi connectivity index (χ3n) is 2.75. The lowest BCUT2D eigenvalue weighted by molar-refractivity contribution is -0.138. The van der Waals surface area contributed by atoms with Crippen LogP contribution in [0.3, 0.4) is 0 Å². The third-order valence-corrected chi connectivity index (χ3v) is 2.75. The van der Waals surface area contributed by atoms with Gasteiger partial charge in [0.1, 0.15) is 6.04 Å². The van der Waals surface area contributed by atoms with Crippen LogP contribution >= 0.6 is 0 Å². The van der Waals surface area contributed by atoms with Crippen molar-refractivity contribution in [2.45, 2.75) is 26.3 Å². The molecular weight excluding hydrogens is 232 g/mol. The molecule has 5 heteroatoms. The summed E-state index contributed by atoms with van der Waals surface area (Å²) >= 11 is 0. The van der Waals surface area contributed by atoms with E-state index in [4.69, 9.17) is 5.11 Å². The van der Waals surface area contributed by atoms with Crippen molar-refractivity contribution in [3.8, 4) is 0 Å². The van der Waals surface area contributed by atoms with Gasteiger partial charge in [0.05, 0.1) is 0 Å². The Balaban J connectivity index is 2.70. The van der Waals surface area contributed by atoms with E-state index in [0.29, 0.717) is 0 Å². The molecule has 2 amide bonds. The number of nitrogens with zero attached hydrogens (tertiary/aromatic N) is 1. The Morgan fingerprint density at radius 1 is 1.33 bits per heavy atom. The molecule has 0 aromatic heterocycles. The second kappa shape index (κ2) is 6.05. The van der Waals surface area contributed by atoms with Crippen molar-refractivity contribution in [3.05, 3.63) is 29.8 Å². The number of nitrogens with one attached hydrogen (secondary N) is 1. The molecule has 0 saturated carbocycles. The number of benzene rings is 1. The van der Waals surface area contributed by atoms with Gasteiger partial charge < -0.3 is 10.4 Å². The van der Waals surface area contributed by atoms with Crippen LogP contribution in [0, 0.1) is 0 Å². The van der Waals surface area contributed by atoms with Crippen LogP contribution in [0.15, 0.2) is 24.3 Å². The molecule has 1 aromatic carbocycles. The highest BCUT2D eigenvalue weighted by atomic mass is 16.4. The molecule has 2 N–H and O–H groups in total. The van der Waals surface area contributed by atoms with Gasteiger partial charge >= 0.3 is 12.0 Å². The van der Waals surface area contributed by atoms with Crippen LogP contribution in [0.5, 0.6) is 0 Å². The predicted octanol–water partition coefficient (Wildman–Crippen LogP) is 1.87. The van der Waals surface area contributed by atoms with Crippen molar-refractivity contribution < 1.29 is 14.7 Å². The molecule has 0 fully saturated rings. The average molecular weight is 250 g/mol. The van der Waals surface area contributed by atoms with E-state index in [1.807, 2.05) is 24.3 Å². The van der Waals surface area contributed by atoms with Crippen molar-refractivity contribution in [3.63, 3.8) is 0 Å². The van der Waals surface area contributed by atoms with Gasteiger partial charge in [0.2, 0.25) is 0 Å². The smallest absolute Gasteiger partial charge is 0.325 e. The van der Waals surface area contributed by atoms with Gasteiger partial charge in [-0.3, -0.25) is 9.69 Å². The first-order valence-electron chi connectivity index (χ1n) is 5.81. The summed E-state index contributed by atoms with van der Waals surface area (Å²) in [5.41, 5.74) is 1.91. The summed E-state index contributed by atoms with van der Waals surface area (Å²) in [4.78, 5) is 23.8. The van der Waals surface area contributed by atoms with Crippen molar-refractivity contribution in [2.75, 3.05) is 11.9 Å². The molecule has 0 aliphatic rings. The Bertz CT molecular complexity index is 428. The summed E-state index contributed by atoms with van der Waals surface area (Å²) < 4.78 is 0. The summed E-state index contributed by atoms with van der Waals surface area (Å²) in [5, 5.41) is 11.1. The lowest BCUT2D eigenvalue weighted by atomic mass is 10.1. The molecular formula is C13H18N2O3. The van der Waals surface area contributed by atoms with Crippen LogP contribution in [0.4, 0.5) is 10.5 Å². The Kier molecular flexibility index (Phi) is 4.71. The maximum absolute atomic E-state index is 11.8. The fraction of sp³-hybridized carbons (Fsp3) is 0.385. The molecule has 0 unspecified atom stereocenters. The minimum Gasteiger partial charge on any atom is -0.480 e. The van der Waals surface area contributed by atoms with Crippen molar-refractivity contribution in [2.24, 2.45) is 0 Å². The molecule has 0 aliphatic heterocycles. The topological polar surface area (TPSA) is 69.6 Å². The van der Waals surface area contributed by atoms with Gasteiger partial charge in [-0.05, 0) is 31.0 Å². The summed E-state index contributed by atoms with van der Waals surface area (Å²) in [7, 11) is 1.60. The summed E-state index contributed by atoms with van der Waals surface area (Å²) in [6.07, 6.45) is 0.937. The Morgan fingerprint density at radius 2 is 1.89 bits per heavy atom. The van der Waals surface area contributed by atoms with Crippen LogP contribution in [-0.2, 0) is 11.2 Å². The van der Waals surface area contributed by atoms with Crippen LogP contribution < -0.4 is 10.2 Å². The fourth-order valence-corrected chi connectivity index (χ4v) is 1.42. The molecule has 0 heterocycles. The van der Waals surface area contributed by atoms with Gasteiger partial charge in [-0.1, -0.05) is 19.1 Å². The average Bonchev–Trinajstić information content (AvgIpc) is 2.37. The second-order valence-corrected chi connectivity index (χ2v) is 4.09. The fourth-order valence-electron chi connectivity index (χ4n) is 1.42. The van der Waals surface area contributed by atoms with Gasteiger partial charge in [0, 0.05) is 12.7 Å². The maximum atomic E-state index is 11.8. The second-order valence-electron chi connectivity index (χ2n) is 4.09. The number of carboxylic acid groups (broad SMARTS) is 1. The Hall–Kier alpha value is -2.04. The monoisotopic (exact) mass is 250 g/mol. The number of amides is 2.